The number of hydrogen-bond acceptors (Lipinski definition) is 2. The molecule has 0 heterocycles. The van der Waals surface area contributed by atoms with E-state index in [0.717, 1.165) is 19.1 Å². The molecule has 0 saturated heterocycles. The first-order valence-electron chi connectivity index (χ1n) is 4.71. The van der Waals surface area contributed by atoms with Gasteiger partial charge in [0.25, 0.3) is 0 Å². The minimum Gasteiger partial charge on any atom is -0.483 e. The Balaban J connectivity index is 3.05. The van der Waals surface area contributed by atoms with E-state index in [4.69, 9.17) is 0 Å². The van der Waals surface area contributed by atoms with Crippen LogP contribution in [0.5, 0.6) is 5.75 Å². The predicted molar refractivity (Wildman–Crippen MR) is 52.7 cm³/mol. The average Bonchev–Trinajstić information content (AvgIpc) is 2.17. The molecule has 1 rings (SSSR count). The molecule has 0 saturated carbocycles. The second-order valence-corrected chi connectivity index (χ2v) is 3.56. The summed E-state index contributed by atoms with van der Waals surface area (Å²) in [6, 6.07) is 1.96. The summed E-state index contributed by atoms with van der Waals surface area (Å²) >= 11 is 0. The van der Waals surface area contributed by atoms with Gasteiger partial charge in [0.15, 0.2) is 12.4 Å². The first-order chi connectivity index (χ1) is 7.70. The van der Waals surface area contributed by atoms with Gasteiger partial charge in [-0.25, -0.2) is 4.39 Å². The highest BCUT2D eigenvalue weighted by Gasteiger charge is 2.29. The van der Waals surface area contributed by atoms with Gasteiger partial charge in [-0.3, -0.25) is 4.79 Å². The van der Waals surface area contributed by atoms with E-state index in [0.29, 0.717) is 0 Å². The summed E-state index contributed by atoms with van der Waals surface area (Å²) in [5.41, 5.74) is -0.0791. The lowest BCUT2D eigenvalue weighted by Crippen LogP contribution is -2.20. The number of carbonyl (C=O) groups excluding carboxylic acids is 1. The van der Waals surface area contributed by atoms with Gasteiger partial charge in [-0.1, -0.05) is 0 Å². The van der Waals surface area contributed by atoms with Crippen molar-refractivity contribution in [2.24, 2.45) is 0 Å². The average molecular weight is 250 g/mol. The van der Waals surface area contributed by atoms with Crippen molar-refractivity contribution in [3.8, 4) is 5.75 Å². The molecule has 2 nitrogen and oxygen atoms in total. The lowest BCUT2D eigenvalue weighted by Gasteiger charge is -2.12. The fourth-order valence-corrected chi connectivity index (χ4v) is 1.21. The number of ether oxygens (including phenoxy) is 1. The maximum atomic E-state index is 13.2. The van der Waals surface area contributed by atoms with E-state index in [1.807, 2.05) is 0 Å². The number of ketones is 1. The van der Waals surface area contributed by atoms with Crippen molar-refractivity contribution in [3.63, 3.8) is 0 Å². The zero-order chi connectivity index (χ0) is 13.2. The lowest BCUT2D eigenvalue weighted by molar-refractivity contribution is -0.153. The van der Waals surface area contributed by atoms with Gasteiger partial charge in [-0.15, -0.1) is 0 Å². The van der Waals surface area contributed by atoms with Crippen LogP contribution in [0.3, 0.4) is 0 Å². The number of hydrogen-bond donors (Lipinski definition) is 0. The summed E-state index contributed by atoms with van der Waals surface area (Å²) in [4.78, 5) is 11.1. The first-order valence-corrected chi connectivity index (χ1v) is 4.71. The van der Waals surface area contributed by atoms with Gasteiger partial charge in [0.05, 0.1) is 5.56 Å². The van der Waals surface area contributed by atoms with Gasteiger partial charge >= 0.3 is 6.18 Å². The van der Waals surface area contributed by atoms with Crippen molar-refractivity contribution in [1.29, 1.82) is 0 Å². The smallest absolute Gasteiger partial charge is 0.422 e. The molecular weight excluding hydrogens is 240 g/mol. The summed E-state index contributed by atoms with van der Waals surface area (Å²) in [6.45, 7) is 0.989. The Morgan fingerprint density at radius 1 is 1.35 bits per heavy atom. The summed E-state index contributed by atoms with van der Waals surface area (Å²) in [5, 5.41) is 0. The van der Waals surface area contributed by atoms with Gasteiger partial charge in [0.2, 0.25) is 0 Å². The van der Waals surface area contributed by atoms with Crippen LogP contribution in [0.15, 0.2) is 12.1 Å². The Labute approximate surface area is 95.2 Å². The molecule has 0 aliphatic heterocycles. The van der Waals surface area contributed by atoms with E-state index < -0.39 is 24.4 Å². The Hall–Kier alpha value is -1.59. The second kappa shape index (κ2) is 4.73. The van der Waals surface area contributed by atoms with Crippen LogP contribution in [-0.2, 0) is 0 Å². The molecule has 0 aromatic heterocycles. The van der Waals surface area contributed by atoms with E-state index in [1.54, 1.807) is 0 Å². The van der Waals surface area contributed by atoms with Crippen molar-refractivity contribution in [2.45, 2.75) is 20.0 Å². The normalized spacial score (nSPS) is 11.4. The van der Waals surface area contributed by atoms with Gasteiger partial charge in [0.1, 0.15) is 11.6 Å². The zero-order valence-electron chi connectivity index (χ0n) is 9.19. The minimum atomic E-state index is -4.50. The van der Waals surface area contributed by atoms with E-state index in [1.165, 1.54) is 6.92 Å². The topological polar surface area (TPSA) is 26.3 Å². The second-order valence-electron chi connectivity index (χ2n) is 3.56. The molecule has 0 radical (unpaired) electrons. The van der Waals surface area contributed by atoms with Crippen LogP contribution in [0.2, 0.25) is 0 Å². The molecule has 0 bridgehead atoms. The van der Waals surface area contributed by atoms with Gasteiger partial charge < -0.3 is 4.74 Å². The number of halogens is 4. The van der Waals surface area contributed by atoms with E-state index >= 15 is 0 Å². The van der Waals surface area contributed by atoms with Gasteiger partial charge in [-0.2, -0.15) is 13.2 Å². The maximum absolute atomic E-state index is 13.2. The summed E-state index contributed by atoms with van der Waals surface area (Å²) in [5.74, 6) is -1.47. The van der Waals surface area contributed by atoms with Crippen molar-refractivity contribution in [3.05, 3.63) is 29.1 Å². The lowest BCUT2D eigenvalue weighted by atomic mass is 10.1. The fourth-order valence-electron chi connectivity index (χ4n) is 1.21. The van der Waals surface area contributed by atoms with Gasteiger partial charge in [0, 0.05) is 0 Å². The number of alkyl halides is 3. The SMILES string of the molecule is CC(=O)c1cc(F)c(C)cc1OCC(F)(F)F. The number of aryl methyl sites for hydroxylation is 1. The van der Waals surface area contributed by atoms with Crippen LogP contribution in [0.1, 0.15) is 22.8 Å². The molecule has 6 heteroatoms. The van der Waals surface area contributed by atoms with Crippen molar-refractivity contribution < 1.29 is 27.1 Å². The molecule has 0 spiro atoms. The van der Waals surface area contributed by atoms with E-state index in [2.05, 4.69) is 4.74 Å². The standard InChI is InChI=1S/C11H10F4O2/c1-6-3-10(17-5-11(13,14)15)8(7(2)16)4-9(6)12/h3-4H,5H2,1-2H3. The molecule has 0 atom stereocenters. The summed E-state index contributed by atoms with van der Waals surface area (Å²) in [7, 11) is 0. The van der Waals surface area contributed by atoms with Crippen molar-refractivity contribution in [2.75, 3.05) is 6.61 Å². The number of rotatable bonds is 3. The largest absolute Gasteiger partial charge is 0.483 e. The molecule has 0 N–H and O–H groups in total. The Morgan fingerprint density at radius 3 is 2.41 bits per heavy atom. The number of Topliss-reactive ketones (excluding diaryl/α,β-unsaturated/α-hetero) is 1. The Morgan fingerprint density at radius 2 is 1.94 bits per heavy atom. The molecule has 0 unspecified atom stereocenters. The minimum absolute atomic E-state index is 0.118. The molecule has 1 aromatic carbocycles. The monoisotopic (exact) mass is 250 g/mol. The first kappa shape index (κ1) is 13.5. The van der Waals surface area contributed by atoms with Crippen LogP contribution >= 0.6 is 0 Å². The quantitative estimate of drug-likeness (QED) is 0.608. The van der Waals surface area contributed by atoms with Crippen molar-refractivity contribution >= 4 is 5.78 Å². The molecular formula is C11H10F4O2. The van der Waals surface area contributed by atoms with E-state index in [-0.39, 0.29) is 16.9 Å². The number of benzene rings is 1. The van der Waals surface area contributed by atoms with Crippen LogP contribution in [0.4, 0.5) is 17.6 Å². The molecule has 0 fully saturated rings. The fraction of sp³-hybridized carbons (Fsp3) is 0.364. The number of carbonyl (C=O) groups is 1. The maximum Gasteiger partial charge on any atom is 0.422 e. The molecule has 1 aromatic rings. The summed E-state index contributed by atoms with van der Waals surface area (Å²) < 4.78 is 53.6. The highest BCUT2D eigenvalue weighted by Crippen LogP contribution is 2.25. The third kappa shape index (κ3) is 3.72. The summed E-state index contributed by atoms with van der Waals surface area (Å²) in [6.07, 6.45) is -4.50. The molecule has 0 aliphatic rings. The third-order valence-electron chi connectivity index (χ3n) is 2.03. The van der Waals surface area contributed by atoms with Crippen LogP contribution < -0.4 is 4.74 Å². The zero-order valence-corrected chi connectivity index (χ0v) is 9.19. The molecule has 0 aliphatic carbocycles. The molecule has 17 heavy (non-hydrogen) atoms. The Bertz CT molecular complexity index is 438. The van der Waals surface area contributed by atoms with Crippen LogP contribution in [0, 0.1) is 12.7 Å². The Kier molecular flexibility index (Phi) is 3.75. The highest BCUT2D eigenvalue weighted by molar-refractivity contribution is 5.96. The van der Waals surface area contributed by atoms with Crippen molar-refractivity contribution in [1.82, 2.24) is 0 Å². The van der Waals surface area contributed by atoms with E-state index in [9.17, 15) is 22.4 Å². The third-order valence-corrected chi connectivity index (χ3v) is 2.03. The molecule has 94 valence electrons. The van der Waals surface area contributed by atoms with Crippen LogP contribution in [0.25, 0.3) is 0 Å². The highest BCUT2D eigenvalue weighted by atomic mass is 19.4. The van der Waals surface area contributed by atoms with Gasteiger partial charge in [-0.05, 0) is 31.5 Å². The van der Waals surface area contributed by atoms with Crippen LogP contribution in [-0.4, -0.2) is 18.6 Å². The predicted octanol–water partition coefficient (Wildman–Crippen LogP) is 3.28. The molecule has 0 amide bonds.